The summed E-state index contributed by atoms with van der Waals surface area (Å²) in [6.45, 7) is 9.63. The molecule has 0 aliphatic heterocycles. The smallest absolute Gasteiger partial charge is 0.191 e. The van der Waals surface area contributed by atoms with Gasteiger partial charge in [0.2, 0.25) is 0 Å². The number of aliphatic imine (C=N–C) groups is 1. The number of halogens is 1. The zero-order valence-corrected chi connectivity index (χ0v) is 19.8. The van der Waals surface area contributed by atoms with Crippen LogP contribution in [0.1, 0.15) is 37.2 Å². The lowest BCUT2D eigenvalue weighted by Crippen LogP contribution is -2.40. The third-order valence-electron chi connectivity index (χ3n) is 4.57. The van der Waals surface area contributed by atoms with E-state index >= 15 is 0 Å². The van der Waals surface area contributed by atoms with Crippen molar-refractivity contribution in [1.82, 2.24) is 20.5 Å². The van der Waals surface area contributed by atoms with E-state index in [0.717, 1.165) is 43.4 Å². The van der Waals surface area contributed by atoms with Crippen LogP contribution in [-0.2, 0) is 13.1 Å². The van der Waals surface area contributed by atoms with Crippen LogP contribution in [-0.4, -0.2) is 42.0 Å². The lowest BCUT2D eigenvalue weighted by Gasteiger charge is -2.25. The molecule has 1 atom stereocenters. The van der Waals surface area contributed by atoms with Crippen LogP contribution in [0.5, 0.6) is 0 Å². The third-order valence-corrected chi connectivity index (χ3v) is 4.57. The summed E-state index contributed by atoms with van der Waals surface area (Å²) in [5.74, 6) is 0.846. The molecule has 0 bridgehead atoms. The Kier molecular flexibility index (Phi) is 11.7. The number of hydrogen-bond donors (Lipinski definition) is 2. The number of nitrogens with one attached hydrogen (secondary N) is 2. The van der Waals surface area contributed by atoms with E-state index in [2.05, 4.69) is 76.7 Å². The highest BCUT2D eigenvalue weighted by Gasteiger charge is 2.09. The minimum absolute atomic E-state index is 0. The van der Waals surface area contributed by atoms with E-state index in [-0.39, 0.29) is 24.0 Å². The number of benzene rings is 1. The van der Waals surface area contributed by atoms with Crippen molar-refractivity contribution in [2.45, 2.75) is 46.3 Å². The maximum atomic E-state index is 4.65. The van der Waals surface area contributed by atoms with Crippen LogP contribution in [0.2, 0.25) is 0 Å². The van der Waals surface area contributed by atoms with Crippen molar-refractivity contribution >= 4 is 29.9 Å². The Morgan fingerprint density at radius 1 is 1.11 bits per heavy atom. The van der Waals surface area contributed by atoms with Gasteiger partial charge >= 0.3 is 0 Å². The molecule has 5 nitrogen and oxygen atoms in total. The zero-order chi connectivity index (χ0) is 19.5. The van der Waals surface area contributed by atoms with E-state index < -0.39 is 0 Å². The second-order valence-electron chi connectivity index (χ2n) is 6.93. The summed E-state index contributed by atoms with van der Waals surface area (Å²) in [5.41, 5.74) is 3.36. The molecule has 0 aliphatic carbocycles. The molecule has 0 fully saturated rings. The Bertz CT molecular complexity index is 705. The highest BCUT2D eigenvalue weighted by atomic mass is 127. The molecule has 154 valence electrons. The van der Waals surface area contributed by atoms with Gasteiger partial charge in [0, 0.05) is 31.4 Å². The number of aromatic nitrogens is 1. The van der Waals surface area contributed by atoms with Gasteiger partial charge in [0.05, 0.1) is 12.2 Å². The molecular formula is C22H34IN5. The van der Waals surface area contributed by atoms with Crippen molar-refractivity contribution in [3.8, 4) is 0 Å². The Morgan fingerprint density at radius 3 is 2.54 bits per heavy atom. The Labute approximate surface area is 187 Å². The summed E-state index contributed by atoms with van der Waals surface area (Å²) < 4.78 is 0. The molecule has 2 rings (SSSR count). The van der Waals surface area contributed by atoms with Crippen LogP contribution in [0, 0.1) is 6.92 Å². The van der Waals surface area contributed by atoms with Gasteiger partial charge in [-0.15, -0.1) is 24.0 Å². The fourth-order valence-electron chi connectivity index (χ4n) is 2.84. The van der Waals surface area contributed by atoms with Crippen molar-refractivity contribution < 1.29 is 0 Å². The Hall–Kier alpha value is -1.67. The van der Waals surface area contributed by atoms with E-state index in [4.69, 9.17) is 0 Å². The van der Waals surface area contributed by atoms with Crippen molar-refractivity contribution in [3.05, 3.63) is 65.5 Å². The number of pyridine rings is 1. The maximum absolute atomic E-state index is 4.65. The van der Waals surface area contributed by atoms with Gasteiger partial charge in [0.1, 0.15) is 0 Å². The lowest BCUT2D eigenvalue weighted by molar-refractivity contribution is 0.238. The van der Waals surface area contributed by atoms with E-state index in [1.165, 1.54) is 5.56 Å². The molecule has 0 saturated carbocycles. The van der Waals surface area contributed by atoms with Gasteiger partial charge in [-0.2, -0.15) is 0 Å². The first-order valence-corrected chi connectivity index (χ1v) is 9.77. The van der Waals surface area contributed by atoms with Gasteiger partial charge in [-0.25, -0.2) is 4.99 Å². The monoisotopic (exact) mass is 495 g/mol. The highest BCUT2D eigenvalue weighted by molar-refractivity contribution is 14.0. The van der Waals surface area contributed by atoms with Gasteiger partial charge in [0.15, 0.2) is 5.96 Å². The van der Waals surface area contributed by atoms with Gasteiger partial charge in [0.25, 0.3) is 0 Å². The lowest BCUT2D eigenvalue weighted by atomic mass is 10.1. The Balaban J connectivity index is 0.00000392. The van der Waals surface area contributed by atoms with E-state index in [0.29, 0.717) is 12.6 Å². The number of guanidine groups is 1. The van der Waals surface area contributed by atoms with Crippen LogP contribution in [0.4, 0.5) is 0 Å². The summed E-state index contributed by atoms with van der Waals surface area (Å²) in [5, 5.41) is 6.75. The van der Waals surface area contributed by atoms with Crippen molar-refractivity contribution in [2.75, 3.05) is 20.1 Å². The van der Waals surface area contributed by atoms with Gasteiger partial charge in [-0.05, 0) is 51.9 Å². The number of hydrogen-bond acceptors (Lipinski definition) is 3. The molecule has 1 heterocycles. The van der Waals surface area contributed by atoms with E-state index in [1.807, 2.05) is 25.1 Å². The molecular weight excluding hydrogens is 461 g/mol. The van der Waals surface area contributed by atoms with E-state index in [9.17, 15) is 0 Å². The quantitative estimate of drug-likeness (QED) is 0.314. The standard InChI is InChI=1S/C22H33N5.HI/c1-5-23-22(25-16-21-13-9-10-18(2)26-21)24-15-14-19(3)27(4)17-20-11-7-6-8-12-20;/h6-13,19H,5,14-17H2,1-4H3,(H2,23,24,25);1H. The third kappa shape index (κ3) is 9.01. The number of nitrogens with zero attached hydrogens (tertiary/aromatic N) is 3. The molecule has 2 N–H and O–H groups in total. The van der Waals surface area contributed by atoms with Crippen molar-refractivity contribution in [3.63, 3.8) is 0 Å². The average Bonchev–Trinajstić information content (AvgIpc) is 2.67. The second kappa shape index (κ2) is 13.5. The summed E-state index contributed by atoms with van der Waals surface area (Å²) in [6.07, 6.45) is 1.05. The van der Waals surface area contributed by atoms with Crippen molar-refractivity contribution in [1.29, 1.82) is 0 Å². The molecule has 0 aliphatic rings. The highest BCUT2D eigenvalue weighted by Crippen LogP contribution is 2.08. The minimum atomic E-state index is 0. The van der Waals surface area contributed by atoms with Crippen LogP contribution in [0.15, 0.2) is 53.5 Å². The fourth-order valence-corrected chi connectivity index (χ4v) is 2.84. The first-order valence-electron chi connectivity index (χ1n) is 9.77. The molecule has 1 aromatic heterocycles. The van der Waals surface area contributed by atoms with Crippen LogP contribution >= 0.6 is 24.0 Å². The van der Waals surface area contributed by atoms with E-state index in [1.54, 1.807) is 0 Å². The number of rotatable bonds is 9. The molecule has 0 amide bonds. The summed E-state index contributed by atoms with van der Waals surface area (Å²) in [6, 6.07) is 17.1. The Morgan fingerprint density at radius 2 is 1.86 bits per heavy atom. The maximum Gasteiger partial charge on any atom is 0.191 e. The summed E-state index contributed by atoms with van der Waals surface area (Å²) in [4.78, 5) is 11.5. The normalized spacial score (nSPS) is 12.4. The zero-order valence-electron chi connectivity index (χ0n) is 17.5. The summed E-state index contributed by atoms with van der Waals surface area (Å²) in [7, 11) is 2.18. The van der Waals surface area contributed by atoms with Gasteiger partial charge in [-0.1, -0.05) is 36.4 Å². The van der Waals surface area contributed by atoms with Crippen LogP contribution in [0.25, 0.3) is 0 Å². The molecule has 6 heteroatoms. The SMILES string of the molecule is CCNC(=NCc1cccc(C)n1)NCCC(C)N(C)Cc1ccccc1.I. The number of aryl methyl sites for hydroxylation is 1. The first kappa shape index (κ1) is 24.4. The van der Waals surface area contributed by atoms with Crippen molar-refractivity contribution in [2.24, 2.45) is 4.99 Å². The molecule has 28 heavy (non-hydrogen) atoms. The van der Waals surface area contributed by atoms with Crippen LogP contribution in [0.3, 0.4) is 0 Å². The van der Waals surface area contributed by atoms with Gasteiger partial charge < -0.3 is 10.6 Å². The molecule has 1 unspecified atom stereocenters. The second-order valence-corrected chi connectivity index (χ2v) is 6.93. The van der Waals surface area contributed by atoms with Gasteiger partial charge in [-0.3, -0.25) is 9.88 Å². The fraction of sp³-hybridized carbons (Fsp3) is 0.455. The molecule has 0 saturated heterocycles. The molecule has 0 radical (unpaired) electrons. The van der Waals surface area contributed by atoms with Crippen LogP contribution < -0.4 is 10.6 Å². The largest absolute Gasteiger partial charge is 0.357 e. The molecule has 1 aromatic carbocycles. The minimum Gasteiger partial charge on any atom is -0.357 e. The predicted molar refractivity (Wildman–Crippen MR) is 129 cm³/mol. The molecule has 0 spiro atoms. The topological polar surface area (TPSA) is 52.6 Å². The first-order chi connectivity index (χ1) is 13.1. The predicted octanol–water partition coefficient (Wildman–Crippen LogP) is 3.97. The molecule has 2 aromatic rings. The average molecular weight is 495 g/mol. The summed E-state index contributed by atoms with van der Waals surface area (Å²) >= 11 is 0.